The van der Waals surface area contributed by atoms with Crippen molar-refractivity contribution >= 4 is 39.6 Å². The summed E-state index contributed by atoms with van der Waals surface area (Å²) in [6.45, 7) is 7.68. The number of likely N-dealkylation sites (tertiary alicyclic amines) is 2. The van der Waals surface area contributed by atoms with Crippen LogP contribution in [0.2, 0.25) is 0 Å². The Labute approximate surface area is 251 Å². The molecule has 0 atom stereocenters. The molecule has 3 aromatic carbocycles. The zero-order valence-corrected chi connectivity index (χ0v) is 25.2. The van der Waals surface area contributed by atoms with E-state index in [9.17, 15) is 9.59 Å². The van der Waals surface area contributed by atoms with Gasteiger partial charge in [-0.05, 0) is 100 Å². The molecule has 0 aromatic heterocycles. The number of halogens is 1. The van der Waals surface area contributed by atoms with Gasteiger partial charge in [-0.25, -0.2) is 5.43 Å². The van der Waals surface area contributed by atoms with Gasteiger partial charge in [-0.1, -0.05) is 64.3 Å². The number of nitrogens with zero attached hydrogens (tertiary/aromatic N) is 3. The Bertz CT molecular complexity index is 1360. The number of piperidine rings is 2. The van der Waals surface area contributed by atoms with E-state index in [1.807, 2.05) is 55.5 Å². The van der Waals surface area contributed by atoms with Crippen LogP contribution in [-0.2, 0) is 6.54 Å². The molecule has 2 aliphatic heterocycles. The number of hydrogen-bond acceptors (Lipinski definition) is 5. The van der Waals surface area contributed by atoms with Crippen LogP contribution in [0.25, 0.3) is 0 Å². The summed E-state index contributed by atoms with van der Waals surface area (Å²) in [6, 6.07) is 21.5. The van der Waals surface area contributed by atoms with Crippen LogP contribution < -0.4 is 10.7 Å². The predicted octanol–water partition coefficient (Wildman–Crippen LogP) is 6.22. The van der Waals surface area contributed by atoms with E-state index in [2.05, 4.69) is 41.6 Å². The van der Waals surface area contributed by atoms with Gasteiger partial charge in [-0.2, -0.15) is 5.10 Å². The molecule has 5 rings (SSSR count). The van der Waals surface area contributed by atoms with Crippen molar-refractivity contribution in [3.05, 3.63) is 99.0 Å². The van der Waals surface area contributed by atoms with Crippen molar-refractivity contribution in [1.82, 2.24) is 15.2 Å². The van der Waals surface area contributed by atoms with Crippen LogP contribution in [0.4, 0.5) is 5.69 Å². The molecule has 2 saturated heterocycles. The minimum absolute atomic E-state index is 0.265. The van der Waals surface area contributed by atoms with Crippen LogP contribution in [0.3, 0.4) is 0 Å². The first-order valence-electron chi connectivity index (χ1n) is 14.5. The number of aryl methyl sites for hydroxylation is 1. The quantitative estimate of drug-likeness (QED) is 0.233. The molecule has 2 N–H and O–H groups in total. The number of carbonyl (C=O) groups excluding carboxylic acids is 2. The topological polar surface area (TPSA) is 77.0 Å². The van der Waals surface area contributed by atoms with E-state index in [4.69, 9.17) is 0 Å². The van der Waals surface area contributed by atoms with Gasteiger partial charge in [0.15, 0.2) is 0 Å². The first-order chi connectivity index (χ1) is 19.9. The molecule has 0 radical (unpaired) electrons. The molecule has 214 valence electrons. The van der Waals surface area contributed by atoms with E-state index in [1.165, 1.54) is 50.8 Å². The maximum Gasteiger partial charge on any atom is 0.273 e. The number of amides is 2. The molecule has 8 heteroatoms. The summed E-state index contributed by atoms with van der Waals surface area (Å²) in [4.78, 5) is 31.2. The second kappa shape index (κ2) is 14.0. The molecule has 2 heterocycles. The lowest BCUT2D eigenvalue weighted by atomic mass is 9.99. The lowest BCUT2D eigenvalue weighted by Gasteiger charge is -2.40. The third-order valence-electron chi connectivity index (χ3n) is 8.02. The molecule has 2 amide bonds. The van der Waals surface area contributed by atoms with Gasteiger partial charge in [-0.3, -0.25) is 14.5 Å². The van der Waals surface area contributed by atoms with Crippen molar-refractivity contribution in [3.63, 3.8) is 0 Å². The van der Waals surface area contributed by atoms with Gasteiger partial charge >= 0.3 is 0 Å². The average Bonchev–Trinajstić information content (AvgIpc) is 3.00. The van der Waals surface area contributed by atoms with Gasteiger partial charge in [0.25, 0.3) is 11.8 Å². The summed E-state index contributed by atoms with van der Waals surface area (Å²) in [5.74, 6) is -0.678. The van der Waals surface area contributed by atoms with E-state index < -0.39 is 5.91 Å². The molecule has 41 heavy (non-hydrogen) atoms. The van der Waals surface area contributed by atoms with Gasteiger partial charge in [-0.15, -0.1) is 0 Å². The highest BCUT2D eigenvalue weighted by molar-refractivity contribution is 9.10. The fraction of sp³-hybridized carbons (Fsp3) is 0.364. The third kappa shape index (κ3) is 8.12. The first kappa shape index (κ1) is 29.2. The molecular formula is C33H38BrN5O2. The van der Waals surface area contributed by atoms with Crippen molar-refractivity contribution in [2.75, 3.05) is 31.5 Å². The second-order valence-corrected chi connectivity index (χ2v) is 12.0. The van der Waals surface area contributed by atoms with Crippen LogP contribution in [-0.4, -0.2) is 60.0 Å². The number of hydrogen-bond donors (Lipinski definition) is 2. The Kier molecular flexibility index (Phi) is 9.98. The second-order valence-electron chi connectivity index (χ2n) is 11.1. The summed E-state index contributed by atoms with van der Waals surface area (Å²) >= 11 is 3.42. The maximum atomic E-state index is 13.1. The van der Waals surface area contributed by atoms with Crippen molar-refractivity contribution in [1.29, 1.82) is 0 Å². The predicted molar refractivity (Wildman–Crippen MR) is 168 cm³/mol. The molecule has 3 aromatic rings. The highest BCUT2D eigenvalue weighted by Crippen LogP contribution is 2.24. The summed E-state index contributed by atoms with van der Waals surface area (Å²) < 4.78 is 0.729. The molecule has 0 saturated carbocycles. The molecule has 0 aliphatic carbocycles. The summed E-state index contributed by atoms with van der Waals surface area (Å²) in [7, 11) is 0. The molecule has 7 nitrogen and oxygen atoms in total. The van der Waals surface area contributed by atoms with E-state index in [0.29, 0.717) is 16.8 Å². The lowest BCUT2D eigenvalue weighted by Crippen LogP contribution is -2.46. The monoisotopic (exact) mass is 615 g/mol. The number of carbonyl (C=O) groups is 2. The zero-order valence-electron chi connectivity index (χ0n) is 23.6. The Morgan fingerprint density at radius 1 is 0.902 bits per heavy atom. The van der Waals surface area contributed by atoms with E-state index in [0.717, 1.165) is 41.3 Å². The van der Waals surface area contributed by atoms with Gasteiger partial charge in [0.05, 0.1) is 17.5 Å². The number of nitrogens with one attached hydrogen (secondary N) is 2. The summed E-state index contributed by atoms with van der Waals surface area (Å²) in [5.41, 5.74) is 7.08. The Morgan fingerprint density at radius 2 is 1.61 bits per heavy atom. The van der Waals surface area contributed by atoms with Crippen molar-refractivity contribution in [3.8, 4) is 0 Å². The fourth-order valence-corrected chi connectivity index (χ4v) is 5.99. The number of anilines is 1. The number of hydrazone groups is 1. The van der Waals surface area contributed by atoms with Crippen LogP contribution >= 0.6 is 15.9 Å². The van der Waals surface area contributed by atoms with Gasteiger partial charge in [0, 0.05) is 22.6 Å². The highest BCUT2D eigenvalue weighted by atomic mass is 79.9. The third-order valence-corrected chi connectivity index (χ3v) is 8.51. The Hall–Kier alpha value is -3.33. The molecule has 0 spiro atoms. The summed E-state index contributed by atoms with van der Waals surface area (Å²) in [6.07, 6.45) is 8.14. The van der Waals surface area contributed by atoms with Crippen LogP contribution in [0, 0.1) is 6.92 Å². The smallest absolute Gasteiger partial charge is 0.273 e. The minimum Gasteiger partial charge on any atom is -0.321 e. The minimum atomic E-state index is -0.413. The molecule has 0 unspecified atom stereocenters. The Balaban J connectivity index is 1.15. The van der Waals surface area contributed by atoms with Crippen LogP contribution in [0.1, 0.15) is 69.5 Å². The molecule has 2 fully saturated rings. The maximum absolute atomic E-state index is 13.1. The molecule has 0 bridgehead atoms. The van der Waals surface area contributed by atoms with Gasteiger partial charge < -0.3 is 10.2 Å². The Morgan fingerprint density at radius 3 is 2.32 bits per heavy atom. The standard InChI is InChI=1S/C33H38BrN5O2/c1-24-5-7-25(8-6-24)22-35-37-33(41)30-21-28(34)13-14-31(30)36-32(40)27-11-9-26(10-12-27)23-38-19-15-29(16-20-38)39-17-3-2-4-18-39/h5-14,21-22,29H,2-4,15-20,23H2,1H3,(H,36,40)(H,37,41). The summed E-state index contributed by atoms with van der Waals surface area (Å²) in [5, 5.41) is 6.98. The van der Waals surface area contributed by atoms with E-state index >= 15 is 0 Å². The van der Waals surface area contributed by atoms with Crippen molar-refractivity contribution in [2.24, 2.45) is 5.10 Å². The van der Waals surface area contributed by atoms with Crippen molar-refractivity contribution in [2.45, 2.75) is 51.6 Å². The van der Waals surface area contributed by atoms with Crippen LogP contribution in [0.5, 0.6) is 0 Å². The van der Waals surface area contributed by atoms with Gasteiger partial charge in [0.1, 0.15) is 0 Å². The average molecular weight is 617 g/mol. The number of rotatable bonds is 8. The molecular weight excluding hydrogens is 578 g/mol. The highest BCUT2D eigenvalue weighted by Gasteiger charge is 2.25. The van der Waals surface area contributed by atoms with E-state index in [-0.39, 0.29) is 5.91 Å². The SMILES string of the molecule is Cc1ccc(C=NNC(=O)c2cc(Br)ccc2NC(=O)c2ccc(CN3CCC(N4CCCCC4)CC3)cc2)cc1. The van der Waals surface area contributed by atoms with Gasteiger partial charge in [0.2, 0.25) is 0 Å². The first-order valence-corrected chi connectivity index (χ1v) is 15.3. The van der Waals surface area contributed by atoms with Crippen molar-refractivity contribution < 1.29 is 9.59 Å². The lowest BCUT2D eigenvalue weighted by molar-refractivity contribution is 0.0896. The number of benzene rings is 3. The fourth-order valence-electron chi connectivity index (χ4n) is 5.63. The zero-order chi connectivity index (χ0) is 28.6. The van der Waals surface area contributed by atoms with Crippen LogP contribution in [0.15, 0.2) is 76.3 Å². The molecule has 2 aliphatic rings. The van der Waals surface area contributed by atoms with E-state index in [1.54, 1.807) is 24.4 Å². The normalized spacial score (nSPS) is 17.0. The largest absolute Gasteiger partial charge is 0.321 e.